The summed E-state index contributed by atoms with van der Waals surface area (Å²) in [6, 6.07) is 10.2. The first-order chi connectivity index (χ1) is 17.8. The molecule has 1 amide bonds. The van der Waals surface area contributed by atoms with Crippen molar-refractivity contribution in [1.29, 1.82) is 5.26 Å². The zero-order valence-electron chi connectivity index (χ0n) is 20.9. The van der Waals surface area contributed by atoms with Crippen molar-refractivity contribution < 1.29 is 4.79 Å². The summed E-state index contributed by atoms with van der Waals surface area (Å²) in [5.41, 5.74) is 4.94. The fourth-order valence-electron chi connectivity index (χ4n) is 5.13. The van der Waals surface area contributed by atoms with Crippen molar-refractivity contribution in [3.63, 3.8) is 0 Å². The summed E-state index contributed by atoms with van der Waals surface area (Å²) < 4.78 is 1.79. The summed E-state index contributed by atoms with van der Waals surface area (Å²) in [4.78, 5) is 18.7. The van der Waals surface area contributed by atoms with Crippen LogP contribution in [0.1, 0.15) is 39.2 Å². The maximum Gasteiger partial charge on any atom is 0.217 e. The van der Waals surface area contributed by atoms with Crippen LogP contribution in [-0.2, 0) is 4.79 Å². The summed E-state index contributed by atoms with van der Waals surface area (Å²) in [7, 11) is 0. The van der Waals surface area contributed by atoms with Crippen LogP contribution in [0.5, 0.6) is 0 Å². The number of pyridine rings is 1. The molecular weight excluding hydrogens is 486 g/mol. The Morgan fingerprint density at radius 2 is 2.08 bits per heavy atom. The van der Waals surface area contributed by atoms with Gasteiger partial charge in [0.05, 0.1) is 40.3 Å². The minimum atomic E-state index is 0.0168. The monoisotopic (exact) mass is 513 g/mol. The highest BCUT2D eigenvalue weighted by Gasteiger charge is 2.56. The molecule has 1 aliphatic carbocycles. The lowest BCUT2D eigenvalue weighted by molar-refractivity contribution is -0.119. The lowest BCUT2D eigenvalue weighted by Gasteiger charge is -2.16. The Bertz CT molecular complexity index is 1550. The van der Waals surface area contributed by atoms with Gasteiger partial charge in [-0.05, 0) is 51.0 Å². The van der Waals surface area contributed by atoms with E-state index in [-0.39, 0.29) is 23.4 Å². The topological polar surface area (TPSA) is 124 Å². The Kier molecular flexibility index (Phi) is 5.56. The molecular formula is C26H27N9OS. The third-order valence-corrected chi connectivity index (χ3v) is 8.09. The van der Waals surface area contributed by atoms with E-state index in [0.717, 1.165) is 64.2 Å². The van der Waals surface area contributed by atoms with Gasteiger partial charge < -0.3 is 15.5 Å². The molecule has 5 heterocycles. The van der Waals surface area contributed by atoms with E-state index in [0.29, 0.717) is 5.56 Å². The molecule has 1 spiro atoms. The van der Waals surface area contributed by atoms with Crippen LogP contribution in [0.15, 0.2) is 36.7 Å². The molecule has 2 aliphatic rings. The molecule has 4 aromatic heterocycles. The fraction of sp³-hybridized carbons (Fsp3) is 0.385. The molecule has 37 heavy (non-hydrogen) atoms. The van der Waals surface area contributed by atoms with Crippen LogP contribution in [0.25, 0.3) is 27.5 Å². The summed E-state index contributed by atoms with van der Waals surface area (Å²) in [5.74, 6) is 0.0168. The third kappa shape index (κ3) is 4.27. The average Bonchev–Trinajstić information content (AvgIpc) is 3.19. The average molecular weight is 514 g/mol. The van der Waals surface area contributed by atoms with Gasteiger partial charge in [0, 0.05) is 43.4 Å². The molecule has 2 fully saturated rings. The van der Waals surface area contributed by atoms with Crippen molar-refractivity contribution in [2.45, 2.75) is 45.7 Å². The van der Waals surface area contributed by atoms with Gasteiger partial charge in [-0.2, -0.15) is 10.4 Å². The van der Waals surface area contributed by atoms with Crippen LogP contribution in [-0.4, -0.2) is 55.9 Å². The van der Waals surface area contributed by atoms with Gasteiger partial charge in [0.1, 0.15) is 6.07 Å². The normalized spacial score (nSPS) is 17.9. The Morgan fingerprint density at radius 3 is 2.81 bits per heavy atom. The zero-order chi connectivity index (χ0) is 25.7. The first-order valence-corrected chi connectivity index (χ1v) is 13.2. The van der Waals surface area contributed by atoms with E-state index >= 15 is 0 Å². The molecule has 11 heteroatoms. The molecule has 0 unspecified atom stereocenters. The number of hydrogen-bond acceptors (Lipinski definition) is 9. The van der Waals surface area contributed by atoms with Gasteiger partial charge in [-0.15, -0.1) is 10.2 Å². The maximum atomic E-state index is 11.7. The van der Waals surface area contributed by atoms with Crippen LogP contribution in [0.2, 0.25) is 0 Å². The van der Waals surface area contributed by atoms with Crippen molar-refractivity contribution in [3.8, 4) is 28.0 Å². The van der Waals surface area contributed by atoms with Crippen LogP contribution in [0.3, 0.4) is 0 Å². The number of aromatic nitrogens is 5. The van der Waals surface area contributed by atoms with E-state index in [4.69, 9.17) is 4.98 Å². The van der Waals surface area contributed by atoms with Gasteiger partial charge in [-0.25, -0.2) is 4.52 Å². The number of carbonyl (C=O) groups is 1. The lowest BCUT2D eigenvalue weighted by Crippen LogP contribution is -2.40. The molecule has 1 aliphatic heterocycles. The van der Waals surface area contributed by atoms with E-state index in [1.54, 1.807) is 29.0 Å². The molecule has 0 aromatic carbocycles. The molecule has 0 radical (unpaired) electrons. The van der Waals surface area contributed by atoms with Crippen LogP contribution in [0, 0.1) is 16.7 Å². The summed E-state index contributed by atoms with van der Waals surface area (Å²) >= 11 is 1.55. The fourth-order valence-corrected chi connectivity index (χ4v) is 6.01. The maximum absolute atomic E-state index is 11.7. The number of nitrogens with one attached hydrogen (secondary N) is 2. The molecule has 2 N–H and O–H groups in total. The molecule has 188 valence electrons. The van der Waals surface area contributed by atoms with E-state index in [9.17, 15) is 10.1 Å². The second kappa shape index (κ2) is 8.81. The molecule has 10 nitrogen and oxygen atoms in total. The number of anilines is 2. The Hall–Kier alpha value is -4.04. The van der Waals surface area contributed by atoms with E-state index in [2.05, 4.69) is 50.7 Å². The smallest absolute Gasteiger partial charge is 0.217 e. The number of carbonyl (C=O) groups excluding carboxylic acids is 1. The van der Waals surface area contributed by atoms with Crippen molar-refractivity contribution in [2.24, 2.45) is 5.41 Å². The summed E-state index contributed by atoms with van der Waals surface area (Å²) in [6.07, 6.45) is 5.66. The van der Waals surface area contributed by atoms with Crippen molar-refractivity contribution in [3.05, 3.63) is 42.2 Å². The van der Waals surface area contributed by atoms with Crippen LogP contribution < -0.4 is 15.5 Å². The molecule has 4 aromatic rings. The van der Waals surface area contributed by atoms with Crippen LogP contribution >= 0.6 is 11.3 Å². The van der Waals surface area contributed by atoms with E-state index in [1.807, 2.05) is 30.5 Å². The van der Waals surface area contributed by atoms with Crippen molar-refractivity contribution >= 4 is 33.6 Å². The van der Waals surface area contributed by atoms with E-state index < -0.39 is 0 Å². The minimum absolute atomic E-state index is 0.0168. The Balaban J connectivity index is 1.32. The number of fused-ring (bicyclic) bond motifs is 1. The molecule has 1 atom stereocenters. The second-order valence-electron chi connectivity index (χ2n) is 10.2. The number of amides is 1. The Morgan fingerprint density at radius 1 is 1.24 bits per heavy atom. The summed E-state index contributed by atoms with van der Waals surface area (Å²) in [5, 5.41) is 31.0. The van der Waals surface area contributed by atoms with Crippen LogP contribution in [0.4, 0.5) is 10.8 Å². The molecule has 0 bridgehead atoms. The second-order valence-corrected chi connectivity index (χ2v) is 11.2. The predicted octanol–water partition coefficient (Wildman–Crippen LogP) is 3.71. The van der Waals surface area contributed by atoms with Gasteiger partial charge in [-0.3, -0.25) is 9.78 Å². The van der Waals surface area contributed by atoms with Gasteiger partial charge in [-0.1, -0.05) is 11.3 Å². The highest BCUT2D eigenvalue weighted by Crippen LogP contribution is 2.54. The number of nitrogens with zero attached hydrogens (tertiary/aromatic N) is 7. The van der Waals surface area contributed by atoms with Gasteiger partial charge in [0.2, 0.25) is 11.0 Å². The molecule has 1 saturated heterocycles. The predicted molar refractivity (Wildman–Crippen MR) is 142 cm³/mol. The number of nitriles is 1. The minimum Gasteiger partial charge on any atom is -0.382 e. The zero-order valence-corrected chi connectivity index (χ0v) is 21.7. The first kappa shape index (κ1) is 23.4. The highest BCUT2D eigenvalue weighted by atomic mass is 32.1. The summed E-state index contributed by atoms with van der Waals surface area (Å²) in [6.45, 7) is 7.41. The quantitative estimate of drug-likeness (QED) is 0.400. The Labute approximate surface area is 218 Å². The van der Waals surface area contributed by atoms with E-state index in [1.165, 1.54) is 0 Å². The van der Waals surface area contributed by atoms with Crippen molar-refractivity contribution in [2.75, 3.05) is 23.3 Å². The largest absolute Gasteiger partial charge is 0.382 e. The number of hydrogen-bond donors (Lipinski definition) is 2. The highest BCUT2D eigenvalue weighted by molar-refractivity contribution is 7.18. The third-order valence-electron chi connectivity index (χ3n) is 7.07. The lowest BCUT2D eigenvalue weighted by atomic mass is 10.0. The molecule has 6 rings (SSSR count). The van der Waals surface area contributed by atoms with Crippen molar-refractivity contribution in [1.82, 2.24) is 30.1 Å². The SMILES string of the molecule is CC(=O)N[C@@H]1CN(c2nnc(-c3cnc(-c4ccc5cc(C#N)cnn45)cc3NC(C)C)s2)CC12CC2. The first-order valence-electron chi connectivity index (χ1n) is 12.4. The van der Waals surface area contributed by atoms with Gasteiger partial charge >= 0.3 is 0 Å². The molecule has 1 saturated carbocycles. The number of rotatable bonds is 6. The van der Waals surface area contributed by atoms with Gasteiger partial charge in [0.15, 0.2) is 5.01 Å². The van der Waals surface area contributed by atoms with Gasteiger partial charge in [0.25, 0.3) is 0 Å². The standard InChI is InChI=1S/C26H27N9OS/c1-15(2)30-20-9-21(22-5-4-18-8-17(10-27)11-29-35(18)22)28-12-19(20)24-32-33-25(37-24)34-13-23(31-16(3)36)26(14-34)6-7-26/h4-5,8-9,11-12,15,23H,6-7,13-14H2,1-3H3,(H,28,30)(H,31,36)/t23-/m1/s1.